The van der Waals surface area contributed by atoms with Gasteiger partial charge in [0.05, 0.1) is 6.61 Å². The largest absolute Gasteiger partial charge is 0.380 e. The van der Waals surface area contributed by atoms with Crippen molar-refractivity contribution in [3.05, 3.63) is 23.9 Å². The Hall–Kier alpha value is -1.13. The second-order valence-corrected chi connectivity index (χ2v) is 5.69. The Labute approximate surface area is 115 Å². The van der Waals surface area contributed by atoms with Crippen molar-refractivity contribution in [2.24, 2.45) is 0 Å². The summed E-state index contributed by atoms with van der Waals surface area (Å²) >= 11 is 0. The van der Waals surface area contributed by atoms with E-state index < -0.39 is 0 Å². The molecule has 19 heavy (non-hydrogen) atoms. The van der Waals surface area contributed by atoms with Crippen molar-refractivity contribution in [3.63, 3.8) is 0 Å². The predicted octanol–water partition coefficient (Wildman–Crippen LogP) is 2.06. The van der Waals surface area contributed by atoms with Crippen LogP contribution < -0.4 is 5.32 Å². The lowest BCUT2D eigenvalue weighted by molar-refractivity contribution is 0.124. The van der Waals surface area contributed by atoms with Crippen molar-refractivity contribution < 1.29 is 4.74 Å². The number of nitrogens with one attached hydrogen (secondary N) is 1. The first-order valence-corrected chi connectivity index (χ1v) is 7.32. The fourth-order valence-electron chi connectivity index (χ4n) is 3.04. The number of nitrogens with zero attached hydrogens (tertiary/aromatic N) is 2. The van der Waals surface area contributed by atoms with Gasteiger partial charge in [0.15, 0.2) is 0 Å². The van der Waals surface area contributed by atoms with Crippen molar-refractivity contribution in [1.29, 1.82) is 0 Å². The zero-order valence-electron chi connectivity index (χ0n) is 11.6. The van der Waals surface area contributed by atoms with Gasteiger partial charge in [-0.15, -0.1) is 0 Å². The summed E-state index contributed by atoms with van der Waals surface area (Å²) in [6.45, 7) is 6.33. The fraction of sp³-hybridized carbons (Fsp3) is 0.667. The Morgan fingerprint density at radius 1 is 1.32 bits per heavy atom. The van der Waals surface area contributed by atoms with E-state index in [1.165, 1.54) is 37.9 Å². The zero-order chi connectivity index (χ0) is 13.1. The highest BCUT2D eigenvalue weighted by Gasteiger charge is 2.27. The molecule has 0 aromatic carbocycles. The van der Waals surface area contributed by atoms with Gasteiger partial charge in [-0.3, -0.25) is 4.90 Å². The minimum Gasteiger partial charge on any atom is -0.380 e. The van der Waals surface area contributed by atoms with Gasteiger partial charge < -0.3 is 10.1 Å². The van der Waals surface area contributed by atoms with Gasteiger partial charge >= 0.3 is 0 Å². The van der Waals surface area contributed by atoms with Gasteiger partial charge in [-0.05, 0) is 43.9 Å². The van der Waals surface area contributed by atoms with Crippen molar-refractivity contribution >= 4 is 5.82 Å². The van der Waals surface area contributed by atoms with Crippen LogP contribution in [-0.4, -0.2) is 48.3 Å². The van der Waals surface area contributed by atoms with Crippen molar-refractivity contribution in [1.82, 2.24) is 9.88 Å². The lowest BCUT2D eigenvalue weighted by Crippen LogP contribution is -2.44. The van der Waals surface area contributed by atoms with Gasteiger partial charge in [0.2, 0.25) is 0 Å². The normalized spacial score (nSPS) is 25.6. The summed E-state index contributed by atoms with van der Waals surface area (Å²) in [5.74, 6) is 1.02. The molecule has 2 aliphatic heterocycles. The van der Waals surface area contributed by atoms with E-state index in [0.29, 0.717) is 12.1 Å². The maximum absolute atomic E-state index is 5.48. The number of likely N-dealkylation sites (tertiary alicyclic amines) is 1. The van der Waals surface area contributed by atoms with Crippen LogP contribution >= 0.6 is 0 Å². The Morgan fingerprint density at radius 3 is 2.84 bits per heavy atom. The molecule has 3 heterocycles. The molecule has 3 rings (SSSR count). The summed E-state index contributed by atoms with van der Waals surface area (Å²) in [7, 11) is 0. The average molecular weight is 261 g/mol. The second kappa shape index (κ2) is 5.88. The highest BCUT2D eigenvalue weighted by molar-refractivity contribution is 5.38. The van der Waals surface area contributed by atoms with Crippen LogP contribution in [0, 0.1) is 6.92 Å². The molecule has 0 saturated carbocycles. The number of hydrogen-bond acceptors (Lipinski definition) is 4. The summed E-state index contributed by atoms with van der Waals surface area (Å²) in [5.41, 5.74) is 1.26. The maximum Gasteiger partial charge on any atom is 0.126 e. The van der Waals surface area contributed by atoms with Crippen LogP contribution in [0.4, 0.5) is 5.82 Å². The van der Waals surface area contributed by atoms with E-state index in [0.717, 1.165) is 19.0 Å². The second-order valence-electron chi connectivity index (χ2n) is 5.69. The molecule has 0 aliphatic carbocycles. The first kappa shape index (κ1) is 12.9. The van der Waals surface area contributed by atoms with E-state index in [-0.39, 0.29) is 0 Å². The van der Waals surface area contributed by atoms with Crippen LogP contribution in [0.5, 0.6) is 0 Å². The third-order valence-electron chi connectivity index (χ3n) is 4.22. The molecule has 0 amide bonds. The highest BCUT2D eigenvalue weighted by Crippen LogP contribution is 2.20. The number of anilines is 1. The van der Waals surface area contributed by atoms with E-state index in [4.69, 9.17) is 4.74 Å². The number of rotatable bonds is 3. The summed E-state index contributed by atoms with van der Waals surface area (Å²) in [6.07, 6.45) is 5.48. The monoisotopic (exact) mass is 261 g/mol. The van der Waals surface area contributed by atoms with E-state index in [2.05, 4.69) is 28.2 Å². The van der Waals surface area contributed by atoms with Crippen LogP contribution in [0.3, 0.4) is 0 Å². The van der Waals surface area contributed by atoms with Crippen molar-refractivity contribution in [3.8, 4) is 0 Å². The van der Waals surface area contributed by atoms with Crippen LogP contribution in [0.1, 0.15) is 24.8 Å². The molecule has 1 N–H and O–H groups in total. The standard InChI is InChI=1S/C15H23N3O/c1-12-2-6-16-15(10-12)17-13-3-7-18(8-4-13)14-5-9-19-11-14/h2,6,10,13-14H,3-5,7-9,11H2,1H3,(H,16,17). The summed E-state index contributed by atoms with van der Waals surface area (Å²) < 4.78 is 5.48. The SMILES string of the molecule is Cc1ccnc(NC2CCN(C3CCOC3)CC2)c1. The zero-order valence-corrected chi connectivity index (χ0v) is 11.6. The molecular weight excluding hydrogens is 238 g/mol. The predicted molar refractivity (Wildman–Crippen MR) is 76.4 cm³/mol. The van der Waals surface area contributed by atoms with Crippen molar-refractivity contribution in [2.45, 2.75) is 38.3 Å². The molecule has 1 atom stereocenters. The third kappa shape index (κ3) is 3.25. The number of ether oxygens (including phenoxy) is 1. The molecule has 104 valence electrons. The van der Waals surface area contributed by atoms with Crippen LogP contribution in [0.2, 0.25) is 0 Å². The molecule has 1 aromatic rings. The van der Waals surface area contributed by atoms with Crippen LogP contribution in [-0.2, 0) is 4.74 Å². The quantitative estimate of drug-likeness (QED) is 0.903. The van der Waals surface area contributed by atoms with Gasteiger partial charge in [0, 0.05) is 38.0 Å². The highest BCUT2D eigenvalue weighted by atomic mass is 16.5. The summed E-state index contributed by atoms with van der Waals surface area (Å²) in [6, 6.07) is 5.39. The molecular formula is C15H23N3O. The number of pyridine rings is 1. The molecule has 1 unspecified atom stereocenters. The lowest BCUT2D eigenvalue weighted by atomic mass is 10.0. The molecule has 2 saturated heterocycles. The molecule has 0 spiro atoms. The topological polar surface area (TPSA) is 37.4 Å². The average Bonchev–Trinajstić information content (AvgIpc) is 2.94. The summed E-state index contributed by atoms with van der Waals surface area (Å²) in [4.78, 5) is 6.98. The lowest BCUT2D eigenvalue weighted by Gasteiger charge is -2.35. The Morgan fingerprint density at radius 2 is 2.16 bits per heavy atom. The molecule has 0 bridgehead atoms. The van der Waals surface area contributed by atoms with Gasteiger partial charge in [0.25, 0.3) is 0 Å². The van der Waals surface area contributed by atoms with Crippen LogP contribution in [0.15, 0.2) is 18.3 Å². The Kier molecular flexibility index (Phi) is 3.99. The smallest absolute Gasteiger partial charge is 0.126 e. The minimum atomic E-state index is 0.563. The molecule has 4 heteroatoms. The van der Waals surface area contributed by atoms with E-state index in [1.807, 2.05) is 12.3 Å². The number of hydrogen-bond donors (Lipinski definition) is 1. The molecule has 0 radical (unpaired) electrons. The van der Waals surface area contributed by atoms with Gasteiger partial charge in [-0.25, -0.2) is 4.98 Å². The fourth-order valence-corrected chi connectivity index (χ4v) is 3.04. The maximum atomic E-state index is 5.48. The molecule has 2 fully saturated rings. The van der Waals surface area contributed by atoms with Gasteiger partial charge in [0.1, 0.15) is 5.82 Å². The Bertz CT molecular complexity index is 410. The minimum absolute atomic E-state index is 0.563. The first-order valence-electron chi connectivity index (χ1n) is 7.32. The number of aryl methyl sites for hydroxylation is 1. The molecule has 2 aliphatic rings. The number of aromatic nitrogens is 1. The first-order chi connectivity index (χ1) is 9.31. The van der Waals surface area contributed by atoms with Crippen molar-refractivity contribution in [2.75, 3.05) is 31.6 Å². The van der Waals surface area contributed by atoms with E-state index >= 15 is 0 Å². The van der Waals surface area contributed by atoms with Gasteiger partial charge in [-0.2, -0.15) is 0 Å². The Balaban J connectivity index is 1.50. The molecule has 4 nitrogen and oxygen atoms in total. The van der Waals surface area contributed by atoms with Crippen LogP contribution in [0.25, 0.3) is 0 Å². The summed E-state index contributed by atoms with van der Waals surface area (Å²) in [5, 5.41) is 3.56. The molecule has 1 aromatic heterocycles. The van der Waals surface area contributed by atoms with Gasteiger partial charge in [-0.1, -0.05) is 0 Å². The third-order valence-corrected chi connectivity index (χ3v) is 4.22. The van der Waals surface area contributed by atoms with E-state index in [1.54, 1.807) is 0 Å². The number of piperidine rings is 1. The van der Waals surface area contributed by atoms with E-state index in [9.17, 15) is 0 Å².